The number of nitrogens with zero attached hydrogens (tertiary/aromatic N) is 2. The number of methoxy groups -OCH3 is 1. The Morgan fingerprint density at radius 3 is 2.67 bits per heavy atom. The number of hydrogen-bond acceptors (Lipinski definition) is 5. The molecule has 0 saturated carbocycles. The van der Waals surface area contributed by atoms with Crippen LogP contribution in [0, 0.1) is 6.92 Å². The molecule has 2 aromatic carbocycles. The summed E-state index contributed by atoms with van der Waals surface area (Å²) in [6.45, 7) is 1.75. The molecule has 0 saturated heterocycles. The number of benzene rings is 2. The van der Waals surface area contributed by atoms with Crippen LogP contribution in [0.4, 0.5) is 5.69 Å². The van der Waals surface area contributed by atoms with Crippen LogP contribution < -0.4 is 26.3 Å². The quantitative estimate of drug-likeness (QED) is 0.351. The van der Waals surface area contributed by atoms with Crippen molar-refractivity contribution in [3.63, 3.8) is 0 Å². The molecule has 9 heteroatoms. The number of aryl methyl sites for hydroxylation is 1. The summed E-state index contributed by atoms with van der Waals surface area (Å²) in [6.07, 6.45) is 1.46. The second-order valence-electron chi connectivity index (χ2n) is 5.45. The molecule has 2 aromatic rings. The molecule has 0 aliphatic rings. The number of carbonyl (C=O) groups excluding carboxylic acids is 1. The monoisotopic (exact) mass is 433 g/mol. The summed E-state index contributed by atoms with van der Waals surface area (Å²) < 4.78 is 11.6. The standard InChI is InChI=1S/C18H20BrN5O3/c1-11-5-3-4-6-14(11)23-17(25)10-27-16-8-13(19)12(7-15(16)26-2)9-22-24-18(20)21/h3-9H,10H2,1-2H3,(H,23,25)(H4,20,21,24). The molecule has 1 amide bonds. The maximum Gasteiger partial charge on any atom is 0.262 e. The highest BCUT2D eigenvalue weighted by Crippen LogP contribution is 2.33. The van der Waals surface area contributed by atoms with E-state index in [4.69, 9.17) is 20.9 Å². The van der Waals surface area contributed by atoms with Gasteiger partial charge in [0, 0.05) is 15.7 Å². The fourth-order valence-electron chi connectivity index (χ4n) is 2.12. The first-order valence-electron chi connectivity index (χ1n) is 7.88. The van der Waals surface area contributed by atoms with Crippen LogP contribution in [-0.4, -0.2) is 31.8 Å². The molecule has 142 valence electrons. The lowest BCUT2D eigenvalue weighted by Gasteiger charge is -2.13. The maximum atomic E-state index is 12.1. The Kier molecular flexibility index (Phi) is 7.18. The molecule has 0 radical (unpaired) electrons. The van der Waals surface area contributed by atoms with Crippen molar-refractivity contribution >= 4 is 39.7 Å². The normalized spacial score (nSPS) is 10.5. The minimum Gasteiger partial charge on any atom is -0.493 e. The smallest absolute Gasteiger partial charge is 0.262 e. The summed E-state index contributed by atoms with van der Waals surface area (Å²) in [5, 5.41) is 10.1. The lowest BCUT2D eigenvalue weighted by Crippen LogP contribution is -2.21. The lowest BCUT2D eigenvalue weighted by molar-refractivity contribution is -0.118. The molecule has 0 spiro atoms. The van der Waals surface area contributed by atoms with Crippen LogP contribution in [0.1, 0.15) is 11.1 Å². The van der Waals surface area contributed by atoms with E-state index in [1.54, 1.807) is 12.1 Å². The zero-order chi connectivity index (χ0) is 19.8. The van der Waals surface area contributed by atoms with Gasteiger partial charge in [-0.15, -0.1) is 5.10 Å². The van der Waals surface area contributed by atoms with E-state index in [0.717, 1.165) is 11.3 Å². The number of anilines is 1. The Labute approximate surface area is 165 Å². The number of halogens is 1. The number of carbonyl (C=O) groups is 1. The molecule has 0 aromatic heterocycles. The zero-order valence-corrected chi connectivity index (χ0v) is 16.5. The van der Waals surface area contributed by atoms with Gasteiger partial charge in [0.1, 0.15) is 0 Å². The molecule has 2 rings (SSSR count). The summed E-state index contributed by atoms with van der Waals surface area (Å²) >= 11 is 3.41. The SMILES string of the molecule is COc1cc(C=NN=C(N)N)c(Br)cc1OCC(=O)Nc1ccccc1C. The second kappa shape index (κ2) is 9.58. The predicted octanol–water partition coefficient (Wildman–Crippen LogP) is 2.39. The fraction of sp³-hybridized carbons (Fsp3) is 0.167. The van der Waals surface area contributed by atoms with Crippen LogP contribution in [0.25, 0.3) is 0 Å². The number of ether oxygens (including phenoxy) is 2. The van der Waals surface area contributed by atoms with E-state index in [0.29, 0.717) is 21.5 Å². The molecule has 27 heavy (non-hydrogen) atoms. The molecule has 5 N–H and O–H groups in total. The Balaban J connectivity index is 2.08. The summed E-state index contributed by atoms with van der Waals surface area (Å²) in [6, 6.07) is 10.9. The van der Waals surface area contributed by atoms with E-state index in [1.165, 1.54) is 13.3 Å². The number of hydrogen-bond donors (Lipinski definition) is 3. The molecule has 0 aliphatic carbocycles. The van der Waals surface area contributed by atoms with Gasteiger partial charge in [0.15, 0.2) is 18.1 Å². The van der Waals surface area contributed by atoms with Crippen LogP contribution in [0.3, 0.4) is 0 Å². The molecule has 0 atom stereocenters. The average Bonchev–Trinajstić information content (AvgIpc) is 2.63. The van der Waals surface area contributed by atoms with Gasteiger partial charge in [-0.1, -0.05) is 18.2 Å². The van der Waals surface area contributed by atoms with Gasteiger partial charge in [-0.25, -0.2) is 0 Å². The number of para-hydroxylation sites is 1. The molecular formula is C18H20BrN5O3. The first-order chi connectivity index (χ1) is 12.9. The first kappa shape index (κ1) is 20.2. The highest BCUT2D eigenvalue weighted by Gasteiger charge is 2.12. The maximum absolute atomic E-state index is 12.1. The van der Waals surface area contributed by atoms with Crippen molar-refractivity contribution < 1.29 is 14.3 Å². The van der Waals surface area contributed by atoms with Crippen LogP contribution >= 0.6 is 15.9 Å². The van der Waals surface area contributed by atoms with Gasteiger partial charge >= 0.3 is 0 Å². The first-order valence-corrected chi connectivity index (χ1v) is 8.67. The Hall–Kier alpha value is -3.07. The second-order valence-corrected chi connectivity index (χ2v) is 6.30. The summed E-state index contributed by atoms with van der Waals surface area (Å²) in [4.78, 5) is 12.1. The Morgan fingerprint density at radius 1 is 1.26 bits per heavy atom. The average molecular weight is 434 g/mol. The van der Waals surface area contributed by atoms with Crippen LogP contribution in [0.15, 0.2) is 51.1 Å². The molecule has 0 fully saturated rings. The Bertz CT molecular complexity index is 879. The predicted molar refractivity (Wildman–Crippen MR) is 109 cm³/mol. The third kappa shape index (κ3) is 6.00. The molecule has 0 heterocycles. The summed E-state index contributed by atoms with van der Waals surface area (Å²) in [7, 11) is 1.50. The van der Waals surface area contributed by atoms with Gasteiger partial charge in [0.25, 0.3) is 5.91 Å². The van der Waals surface area contributed by atoms with Crippen molar-refractivity contribution in [3.8, 4) is 11.5 Å². The van der Waals surface area contributed by atoms with Gasteiger partial charge in [-0.05, 0) is 46.6 Å². The number of nitrogens with two attached hydrogens (primary N) is 2. The number of rotatable bonds is 7. The van der Waals surface area contributed by atoms with E-state index >= 15 is 0 Å². The highest BCUT2D eigenvalue weighted by molar-refractivity contribution is 9.10. The minimum absolute atomic E-state index is 0.144. The fourth-order valence-corrected chi connectivity index (χ4v) is 2.55. The topological polar surface area (TPSA) is 124 Å². The van der Waals surface area contributed by atoms with Crippen molar-refractivity contribution in [1.29, 1.82) is 0 Å². The van der Waals surface area contributed by atoms with Crippen molar-refractivity contribution in [3.05, 3.63) is 52.0 Å². The van der Waals surface area contributed by atoms with E-state index < -0.39 is 0 Å². The van der Waals surface area contributed by atoms with E-state index in [1.807, 2.05) is 31.2 Å². The summed E-state index contributed by atoms with van der Waals surface area (Å²) in [5.41, 5.74) is 12.8. The summed E-state index contributed by atoms with van der Waals surface area (Å²) in [5.74, 6) is 0.422. The number of amides is 1. The van der Waals surface area contributed by atoms with Crippen molar-refractivity contribution in [2.45, 2.75) is 6.92 Å². The van der Waals surface area contributed by atoms with Crippen LogP contribution in [-0.2, 0) is 4.79 Å². The van der Waals surface area contributed by atoms with E-state index in [2.05, 4.69) is 31.4 Å². The van der Waals surface area contributed by atoms with Crippen molar-refractivity contribution in [2.24, 2.45) is 21.7 Å². The third-order valence-corrected chi connectivity index (χ3v) is 4.12. The number of guanidine groups is 1. The van der Waals surface area contributed by atoms with E-state index in [-0.39, 0.29) is 18.5 Å². The van der Waals surface area contributed by atoms with Crippen LogP contribution in [0.5, 0.6) is 11.5 Å². The minimum atomic E-state index is -0.277. The van der Waals surface area contributed by atoms with Gasteiger partial charge in [0.05, 0.1) is 13.3 Å². The van der Waals surface area contributed by atoms with E-state index in [9.17, 15) is 4.79 Å². The zero-order valence-electron chi connectivity index (χ0n) is 14.9. The van der Waals surface area contributed by atoms with Crippen molar-refractivity contribution in [1.82, 2.24) is 0 Å². The van der Waals surface area contributed by atoms with Gasteiger partial charge < -0.3 is 26.3 Å². The number of nitrogens with one attached hydrogen (secondary N) is 1. The molecule has 0 aliphatic heterocycles. The Morgan fingerprint density at radius 2 is 2.00 bits per heavy atom. The van der Waals surface area contributed by atoms with Gasteiger partial charge in [-0.3, -0.25) is 4.79 Å². The van der Waals surface area contributed by atoms with Gasteiger partial charge in [0.2, 0.25) is 5.96 Å². The molecule has 0 unspecified atom stereocenters. The third-order valence-electron chi connectivity index (χ3n) is 3.43. The highest BCUT2D eigenvalue weighted by atomic mass is 79.9. The molecular weight excluding hydrogens is 414 g/mol. The molecule has 0 bridgehead atoms. The molecule has 8 nitrogen and oxygen atoms in total. The lowest BCUT2D eigenvalue weighted by atomic mass is 10.2. The van der Waals surface area contributed by atoms with Crippen molar-refractivity contribution in [2.75, 3.05) is 19.0 Å². The van der Waals surface area contributed by atoms with Crippen LogP contribution in [0.2, 0.25) is 0 Å². The largest absolute Gasteiger partial charge is 0.493 e. The van der Waals surface area contributed by atoms with Gasteiger partial charge in [-0.2, -0.15) is 5.10 Å².